The lowest BCUT2D eigenvalue weighted by atomic mass is 9.89. The smallest absolute Gasteiger partial charge is 0.191 e. The highest BCUT2D eigenvalue weighted by Gasteiger charge is 2.17. The van der Waals surface area contributed by atoms with Gasteiger partial charge >= 0.3 is 0 Å². The van der Waals surface area contributed by atoms with E-state index in [-0.39, 0.29) is 0 Å². The molecule has 1 saturated carbocycles. The van der Waals surface area contributed by atoms with Crippen molar-refractivity contribution in [3.8, 4) is 0 Å². The zero-order valence-electron chi connectivity index (χ0n) is 12.9. The summed E-state index contributed by atoms with van der Waals surface area (Å²) in [5, 5.41) is 4.13. The molecule has 1 aliphatic rings. The molecule has 20 heavy (non-hydrogen) atoms. The van der Waals surface area contributed by atoms with Gasteiger partial charge in [0.25, 0.3) is 0 Å². The quantitative estimate of drug-likeness (QED) is 0.640. The van der Waals surface area contributed by atoms with Crippen LogP contribution in [0.15, 0.2) is 11.2 Å². The molecule has 0 radical (unpaired) electrons. The molecule has 0 atom stereocenters. The third kappa shape index (κ3) is 4.27. The van der Waals surface area contributed by atoms with E-state index in [1.54, 1.807) is 11.8 Å². The van der Waals surface area contributed by atoms with E-state index in [1.165, 1.54) is 32.1 Å². The van der Waals surface area contributed by atoms with Gasteiger partial charge in [0.2, 0.25) is 0 Å². The van der Waals surface area contributed by atoms with E-state index in [0.717, 1.165) is 35.8 Å². The zero-order chi connectivity index (χ0) is 14.4. The lowest BCUT2D eigenvalue weighted by Crippen LogP contribution is -2.27. The van der Waals surface area contributed by atoms with Crippen LogP contribution in [0.5, 0.6) is 0 Å². The SMILES string of the molecule is CCNc1cc(N(C)CC2CCCCC2)nc(SC)n1. The molecule has 112 valence electrons. The molecule has 1 aliphatic carbocycles. The molecule has 0 unspecified atom stereocenters. The molecule has 0 aliphatic heterocycles. The third-order valence-corrected chi connectivity index (χ3v) is 4.43. The molecular weight excluding hydrogens is 268 g/mol. The Hall–Kier alpha value is -0.970. The summed E-state index contributed by atoms with van der Waals surface area (Å²) in [6.45, 7) is 4.08. The van der Waals surface area contributed by atoms with Gasteiger partial charge in [-0.05, 0) is 31.9 Å². The molecule has 4 nitrogen and oxygen atoms in total. The number of anilines is 2. The van der Waals surface area contributed by atoms with Crippen LogP contribution in [-0.4, -0.2) is 36.4 Å². The second kappa shape index (κ2) is 7.72. The minimum atomic E-state index is 0.823. The van der Waals surface area contributed by atoms with Gasteiger partial charge in [-0.1, -0.05) is 31.0 Å². The van der Waals surface area contributed by atoms with Crippen LogP contribution in [0.4, 0.5) is 11.6 Å². The average molecular weight is 294 g/mol. The van der Waals surface area contributed by atoms with Crippen LogP contribution in [0.25, 0.3) is 0 Å². The molecule has 1 fully saturated rings. The van der Waals surface area contributed by atoms with Crippen molar-refractivity contribution in [3.63, 3.8) is 0 Å². The summed E-state index contributed by atoms with van der Waals surface area (Å²) in [5.74, 6) is 2.78. The molecular formula is C15H26N4S. The first kappa shape index (κ1) is 15.4. The Labute approximate surface area is 126 Å². The Morgan fingerprint density at radius 2 is 2.05 bits per heavy atom. The lowest BCUT2D eigenvalue weighted by molar-refractivity contribution is 0.361. The van der Waals surface area contributed by atoms with Gasteiger partial charge in [-0.2, -0.15) is 0 Å². The lowest BCUT2D eigenvalue weighted by Gasteiger charge is -2.28. The van der Waals surface area contributed by atoms with Crippen molar-refractivity contribution in [2.75, 3.05) is 36.6 Å². The van der Waals surface area contributed by atoms with E-state index in [9.17, 15) is 0 Å². The van der Waals surface area contributed by atoms with Crippen LogP contribution in [0.2, 0.25) is 0 Å². The fraction of sp³-hybridized carbons (Fsp3) is 0.733. The minimum Gasteiger partial charge on any atom is -0.370 e. The summed E-state index contributed by atoms with van der Waals surface area (Å²) in [6, 6.07) is 2.06. The Balaban J connectivity index is 2.06. The summed E-state index contributed by atoms with van der Waals surface area (Å²) < 4.78 is 0. The second-order valence-electron chi connectivity index (χ2n) is 5.51. The highest BCUT2D eigenvalue weighted by atomic mass is 32.2. The molecule has 0 spiro atoms. The van der Waals surface area contributed by atoms with E-state index in [0.29, 0.717) is 0 Å². The number of thioether (sulfide) groups is 1. The predicted octanol–water partition coefficient (Wildman–Crippen LogP) is 3.65. The van der Waals surface area contributed by atoms with Crippen molar-refractivity contribution in [2.24, 2.45) is 5.92 Å². The van der Waals surface area contributed by atoms with Gasteiger partial charge in [-0.25, -0.2) is 9.97 Å². The number of rotatable bonds is 6. The number of hydrogen-bond acceptors (Lipinski definition) is 5. The van der Waals surface area contributed by atoms with E-state index < -0.39 is 0 Å². The van der Waals surface area contributed by atoms with Crippen LogP contribution >= 0.6 is 11.8 Å². The maximum atomic E-state index is 4.64. The summed E-state index contributed by atoms with van der Waals surface area (Å²) >= 11 is 1.60. The largest absolute Gasteiger partial charge is 0.370 e. The Morgan fingerprint density at radius 1 is 1.30 bits per heavy atom. The average Bonchev–Trinajstić information content (AvgIpc) is 2.48. The maximum absolute atomic E-state index is 4.64. The van der Waals surface area contributed by atoms with Crippen molar-refractivity contribution in [3.05, 3.63) is 6.07 Å². The van der Waals surface area contributed by atoms with Crippen LogP contribution in [0.1, 0.15) is 39.0 Å². The van der Waals surface area contributed by atoms with Gasteiger partial charge in [-0.3, -0.25) is 0 Å². The maximum Gasteiger partial charge on any atom is 0.191 e. The molecule has 0 aromatic carbocycles. The number of hydrogen-bond donors (Lipinski definition) is 1. The van der Waals surface area contributed by atoms with Gasteiger partial charge in [0.1, 0.15) is 11.6 Å². The Bertz CT molecular complexity index is 418. The topological polar surface area (TPSA) is 41.0 Å². The summed E-state index contributed by atoms with van der Waals surface area (Å²) in [6.07, 6.45) is 8.95. The first-order valence-electron chi connectivity index (χ1n) is 7.61. The molecule has 1 aromatic heterocycles. The molecule has 2 rings (SSSR count). The molecule has 0 saturated heterocycles. The predicted molar refractivity (Wildman–Crippen MR) is 87.8 cm³/mol. The minimum absolute atomic E-state index is 0.823. The van der Waals surface area contributed by atoms with Gasteiger partial charge in [0, 0.05) is 26.2 Å². The van der Waals surface area contributed by atoms with Crippen molar-refractivity contribution >= 4 is 23.4 Å². The molecule has 1 heterocycles. The normalized spacial score (nSPS) is 16.1. The summed E-state index contributed by atoms with van der Waals surface area (Å²) in [4.78, 5) is 11.4. The van der Waals surface area contributed by atoms with Crippen molar-refractivity contribution in [2.45, 2.75) is 44.2 Å². The highest BCUT2D eigenvalue weighted by Crippen LogP contribution is 2.26. The standard InChI is InChI=1S/C15H26N4S/c1-4-16-13-10-14(18-15(17-13)20-3)19(2)11-12-8-6-5-7-9-12/h10,12H,4-9,11H2,1-3H3,(H,16,17,18). The van der Waals surface area contributed by atoms with E-state index in [4.69, 9.17) is 0 Å². The van der Waals surface area contributed by atoms with Crippen LogP contribution < -0.4 is 10.2 Å². The van der Waals surface area contributed by atoms with Gasteiger partial charge in [0.05, 0.1) is 0 Å². The number of nitrogens with one attached hydrogen (secondary N) is 1. The van der Waals surface area contributed by atoms with E-state index in [1.807, 2.05) is 6.26 Å². The van der Waals surface area contributed by atoms with Gasteiger partial charge in [-0.15, -0.1) is 0 Å². The van der Waals surface area contributed by atoms with Gasteiger partial charge in [0.15, 0.2) is 5.16 Å². The molecule has 0 amide bonds. The number of aromatic nitrogens is 2. The number of nitrogens with zero attached hydrogens (tertiary/aromatic N) is 3. The monoisotopic (exact) mass is 294 g/mol. The molecule has 5 heteroatoms. The third-order valence-electron chi connectivity index (χ3n) is 3.88. The molecule has 1 aromatic rings. The van der Waals surface area contributed by atoms with Crippen molar-refractivity contribution in [1.82, 2.24) is 9.97 Å². The van der Waals surface area contributed by atoms with E-state index >= 15 is 0 Å². The fourth-order valence-electron chi connectivity index (χ4n) is 2.82. The summed E-state index contributed by atoms with van der Waals surface area (Å²) in [7, 11) is 2.15. The van der Waals surface area contributed by atoms with Gasteiger partial charge < -0.3 is 10.2 Å². The van der Waals surface area contributed by atoms with Crippen molar-refractivity contribution < 1.29 is 0 Å². The summed E-state index contributed by atoms with van der Waals surface area (Å²) in [5.41, 5.74) is 0. The van der Waals surface area contributed by atoms with Crippen LogP contribution in [-0.2, 0) is 0 Å². The fourth-order valence-corrected chi connectivity index (χ4v) is 3.20. The van der Waals surface area contributed by atoms with Crippen LogP contribution in [0.3, 0.4) is 0 Å². The second-order valence-corrected chi connectivity index (χ2v) is 6.29. The van der Waals surface area contributed by atoms with Crippen LogP contribution in [0, 0.1) is 5.92 Å². The first-order chi connectivity index (χ1) is 9.72. The molecule has 1 N–H and O–H groups in total. The Kier molecular flexibility index (Phi) is 5.95. The first-order valence-corrected chi connectivity index (χ1v) is 8.83. The van der Waals surface area contributed by atoms with Crippen molar-refractivity contribution in [1.29, 1.82) is 0 Å². The van der Waals surface area contributed by atoms with E-state index in [2.05, 4.69) is 40.2 Å². The Morgan fingerprint density at radius 3 is 2.70 bits per heavy atom. The zero-order valence-corrected chi connectivity index (χ0v) is 13.7. The highest BCUT2D eigenvalue weighted by molar-refractivity contribution is 7.98. The molecule has 0 bridgehead atoms.